The van der Waals surface area contributed by atoms with Gasteiger partial charge >= 0.3 is 0 Å². The molecule has 0 unspecified atom stereocenters. The summed E-state index contributed by atoms with van der Waals surface area (Å²) in [6, 6.07) is 9.37. The Balaban J connectivity index is 2.01. The van der Waals surface area contributed by atoms with Crippen molar-refractivity contribution in [3.05, 3.63) is 34.9 Å². The van der Waals surface area contributed by atoms with Crippen LogP contribution in [0.2, 0.25) is 5.02 Å². The molecular formula is C14H12ClN3O. The number of nitriles is 1. The maximum absolute atomic E-state index is 12.2. The van der Waals surface area contributed by atoms with Gasteiger partial charge < -0.3 is 0 Å². The first-order valence-corrected chi connectivity index (χ1v) is 6.52. The summed E-state index contributed by atoms with van der Waals surface area (Å²) in [5.74, 6) is -0.551. The van der Waals surface area contributed by atoms with Gasteiger partial charge in [0.1, 0.15) is 11.3 Å². The van der Waals surface area contributed by atoms with Crippen molar-refractivity contribution < 1.29 is 4.79 Å². The van der Waals surface area contributed by atoms with E-state index >= 15 is 0 Å². The summed E-state index contributed by atoms with van der Waals surface area (Å²) in [5.41, 5.74) is -0.0502. The molecule has 5 heteroatoms. The third-order valence-corrected chi connectivity index (χ3v) is 4.38. The Hall–Kier alpha value is -1.86. The van der Waals surface area contributed by atoms with Crippen LogP contribution in [0.1, 0.15) is 18.4 Å². The van der Waals surface area contributed by atoms with Crippen LogP contribution in [0.15, 0.2) is 24.3 Å². The van der Waals surface area contributed by atoms with Gasteiger partial charge in [-0.2, -0.15) is 5.26 Å². The predicted octanol–water partition coefficient (Wildman–Crippen LogP) is 2.40. The van der Waals surface area contributed by atoms with E-state index in [1.165, 1.54) is 4.90 Å². The van der Waals surface area contributed by atoms with Gasteiger partial charge in [-0.05, 0) is 24.6 Å². The van der Waals surface area contributed by atoms with Gasteiger partial charge in [-0.3, -0.25) is 15.1 Å². The van der Waals surface area contributed by atoms with Gasteiger partial charge in [-0.1, -0.05) is 23.7 Å². The standard InChI is InChI=1S/C14H12ClN3O/c1-2-18-12(19)11-10(14(11,7-16)13(18)17)8-3-5-9(15)6-4-8/h3-6,10-11,17H,2H2,1H3/t10-,11+,14+/m1/s1. The van der Waals surface area contributed by atoms with Gasteiger partial charge in [0.2, 0.25) is 5.91 Å². The highest BCUT2D eigenvalue weighted by Crippen LogP contribution is 2.69. The van der Waals surface area contributed by atoms with Crippen molar-refractivity contribution in [3.63, 3.8) is 0 Å². The molecule has 0 aromatic heterocycles. The molecule has 2 aliphatic rings. The number of carbonyl (C=O) groups is 1. The molecule has 0 bridgehead atoms. The van der Waals surface area contributed by atoms with E-state index < -0.39 is 11.3 Å². The molecule has 1 saturated heterocycles. The van der Waals surface area contributed by atoms with Crippen molar-refractivity contribution in [2.24, 2.45) is 11.3 Å². The second kappa shape index (κ2) is 3.82. The maximum atomic E-state index is 12.2. The Morgan fingerprint density at radius 1 is 1.42 bits per heavy atom. The van der Waals surface area contributed by atoms with Crippen LogP contribution in [0.4, 0.5) is 0 Å². The number of likely N-dealkylation sites (tertiary alicyclic amines) is 1. The van der Waals surface area contributed by atoms with Crippen LogP contribution >= 0.6 is 11.6 Å². The van der Waals surface area contributed by atoms with Gasteiger partial charge in [0.15, 0.2) is 0 Å². The third-order valence-electron chi connectivity index (χ3n) is 4.13. The molecule has 1 aliphatic carbocycles. The topological polar surface area (TPSA) is 68.0 Å². The second-order valence-electron chi connectivity index (χ2n) is 4.92. The van der Waals surface area contributed by atoms with Crippen molar-refractivity contribution in [3.8, 4) is 6.07 Å². The van der Waals surface area contributed by atoms with E-state index in [4.69, 9.17) is 17.0 Å². The van der Waals surface area contributed by atoms with E-state index in [1.807, 2.05) is 19.1 Å². The van der Waals surface area contributed by atoms with Crippen LogP contribution in [0.25, 0.3) is 0 Å². The summed E-state index contributed by atoms with van der Waals surface area (Å²) in [7, 11) is 0. The van der Waals surface area contributed by atoms with Crippen LogP contribution in [-0.4, -0.2) is 23.2 Å². The molecule has 0 spiro atoms. The first-order chi connectivity index (χ1) is 9.07. The number of amidine groups is 1. The van der Waals surface area contributed by atoms with E-state index in [0.717, 1.165) is 5.56 Å². The minimum absolute atomic E-state index is 0.103. The minimum atomic E-state index is -0.957. The highest BCUT2D eigenvalue weighted by atomic mass is 35.5. The Kier molecular flexibility index (Phi) is 2.45. The number of piperidine rings is 1. The van der Waals surface area contributed by atoms with Crippen molar-refractivity contribution in [2.75, 3.05) is 6.54 Å². The average Bonchev–Trinajstić information content (AvgIpc) is 3.04. The lowest BCUT2D eigenvalue weighted by Gasteiger charge is -2.20. The lowest BCUT2D eigenvalue weighted by Crippen LogP contribution is -2.35. The van der Waals surface area contributed by atoms with Crippen LogP contribution in [0, 0.1) is 28.1 Å². The Morgan fingerprint density at radius 2 is 2.05 bits per heavy atom. The summed E-state index contributed by atoms with van der Waals surface area (Å²) < 4.78 is 0. The van der Waals surface area contributed by atoms with Crippen molar-refractivity contribution >= 4 is 23.3 Å². The SMILES string of the molecule is CCN1C(=N)[C@]2(C#N)[C@H](C1=O)[C@H]2c1ccc(Cl)cc1. The highest BCUT2D eigenvalue weighted by molar-refractivity contribution is 6.30. The van der Waals surface area contributed by atoms with Crippen molar-refractivity contribution in [1.82, 2.24) is 4.90 Å². The summed E-state index contributed by atoms with van der Waals surface area (Å²) >= 11 is 5.85. The van der Waals surface area contributed by atoms with E-state index in [2.05, 4.69) is 6.07 Å². The largest absolute Gasteiger partial charge is 0.299 e. The first-order valence-electron chi connectivity index (χ1n) is 6.15. The lowest BCUT2D eigenvalue weighted by atomic mass is 9.99. The third kappa shape index (κ3) is 1.34. The number of nitrogens with one attached hydrogen (secondary N) is 1. The summed E-state index contributed by atoms with van der Waals surface area (Å²) in [6.45, 7) is 2.27. The number of halogens is 1. The molecule has 3 atom stereocenters. The first kappa shape index (κ1) is 12.2. The van der Waals surface area contributed by atoms with Gasteiger partial charge in [0.05, 0.1) is 12.0 Å². The van der Waals surface area contributed by atoms with E-state index in [0.29, 0.717) is 11.6 Å². The summed E-state index contributed by atoms with van der Waals surface area (Å²) in [6.07, 6.45) is 0. The zero-order valence-corrected chi connectivity index (χ0v) is 11.1. The predicted molar refractivity (Wildman–Crippen MR) is 70.8 cm³/mol. The molecule has 1 aromatic carbocycles. The van der Waals surface area contributed by atoms with E-state index in [1.54, 1.807) is 12.1 Å². The Morgan fingerprint density at radius 3 is 2.53 bits per heavy atom. The van der Waals surface area contributed by atoms with Crippen LogP contribution in [0.5, 0.6) is 0 Å². The van der Waals surface area contributed by atoms with Gasteiger partial charge in [-0.25, -0.2) is 0 Å². The fourth-order valence-corrected chi connectivity index (χ4v) is 3.28. The average molecular weight is 274 g/mol. The number of amides is 1. The van der Waals surface area contributed by atoms with Crippen LogP contribution < -0.4 is 0 Å². The van der Waals surface area contributed by atoms with Crippen molar-refractivity contribution in [2.45, 2.75) is 12.8 Å². The smallest absolute Gasteiger partial charge is 0.233 e. The fourth-order valence-electron chi connectivity index (χ4n) is 3.15. The molecule has 4 nitrogen and oxygen atoms in total. The number of fused-ring (bicyclic) bond motifs is 1. The molecule has 1 aromatic rings. The number of nitrogens with zero attached hydrogens (tertiary/aromatic N) is 2. The van der Waals surface area contributed by atoms with E-state index in [-0.39, 0.29) is 17.7 Å². The fraction of sp³-hybridized carbons (Fsp3) is 0.357. The number of rotatable bonds is 2. The van der Waals surface area contributed by atoms with Crippen molar-refractivity contribution in [1.29, 1.82) is 10.7 Å². The van der Waals surface area contributed by atoms with E-state index in [9.17, 15) is 10.1 Å². The minimum Gasteiger partial charge on any atom is -0.299 e. The summed E-state index contributed by atoms with van der Waals surface area (Å²) in [4.78, 5) is 13.6. The van der Waals surface area contributed by atoms with Crippen LogP contribution in [-0.2, 0) is 4.79 Å². The molecule has 1 amide bonds. The zero-order valence-electron chi connectivity index (χ0n) is 10.4. The molecule has 1 saturated carbocycles. The Labute approximate surface area is 116 Å². The molecule has 3 rings (SSSR count). The molecule has 2 fully saturated rings. The molecule has 1 heterocycles. The van der Waals surface area contributed by atoms with Gasteiger partial charge in [-0.15, -0.1) is 0 Å². The van der Waals surface area contributed by atoms with Gasteiger partial charge in [0, 0.05) is 17.5 Å². The Bertz CT molecular complexity index is 619. The molecule has 19 heavy (non-hydrogen) atoms. The monoisotopic (exact) mass is 273 g/mol. The molecular weight excluding hydrogens is 262 g/mol. The zero-order chi connectivity index (χ0) is 13.8. The number of carbonyl (C=O) groups excluding carboxylic acids is 1. The number of hydrogen-bond donors (Lipinski definition) is 1. The second-order valence-corrected chi connectivity index (χ2v) is 5.36. The number of benzene rings is 1. The summed E-state index contributed by atoms with van der Waals surface area (Å²) in [5, 5.41) is 18.2. The molecule has 1 aliphatic heterocycles. The quantitative estimate of drug-likeness (QED) is 0.899. The molecule has 1 N–H and O–H groups in total. The van der Waals surface area contributed by atoms with Gasteiger partial charge in [0.25, 0.3) is 0 Å². The lowest BCUT2D eigenvalue weighted by molar-refractivity contribution is -0.127. The highest BCUT2D eigenvalue weighted by Gasteiger charge is 2.78. The maximum Gasteiger partial charge on any atom is 0.233 e. The van der Waals surface area contributed by atoms with Crippen LogP contribution in [0.3, 0.4) is 0 Å². The molecule has 96 valence electrons. The number of hydrogen-bond acceptors (Lipinski definition) is 3. The normalized spacial score (nSPS) is 32.2. The molecule has 0 radical (unpaired) electrons.